The van der Waals surface area contributed by atoms with Crippen molar-refractivity contribution in [1.82, 2.24) is 0 Å². The summed E-state index contributed by atoms with van der Waals surface area (Å²) in [5, 5.41) is 3.44. The van der Waals surface area contributed by atoms with E-state index in [0.717, 1.165) is 28.0 Å². The van der Waals surface area contributed by atoms with E-state index in [0.29, 0.717) is 6.61 Å². The predicted molar refractivity (Wildman–Crippen MR) is 103 cm³/mol. The molecule has 0 aromatic heterocycles. The molecule has 25 heavy (non-hydrogen) atoms. The molecule has 4 heteroatoms. The number of anilines is 1. The number of hydrogen-bond acceptors (Lipinski definition) is 2. The molecular formula is C21H19BrFNO. The molecule has 0 bridgehead atoms. The van der Waals surface area contributed by atoms with Crippen molar-refractivity contribution in [3.63, 3.8) is 0 Å². The van der Waals surface area contributed by atoms with E-state index in [1.807, 2.05) is 36.4 Å². The second-order valence-electron chi connectivity index (χ2n) is 5.88. The zero-order valence-corrected chi connectivity index (χ0v) is 15.5. The minimum atomic E-state index is -0.245. The maximum absolute atomic E-state index is 13.2. The molecule has 0 aliphatic rings. The molecule has 0 aliphatic heterocycles. The Balaban J connectivity index is 1.55. The first-order valence-electron chi connectivity index (χ1n) is 8.06. The van der Waals surface area contributed by atoms with Gasteiger partial charge in [-0.1, -0.05) is 40.2 Å². The topological polar surface area (TPSA) is 21.3 Å². The van der Waals surface area contributed by atoms with Crippen molar-refractivity contribution in [2.45, 2.75) is 20.1 Å². The summed E-state index contributed by atoms with van der Waals surface area (Å²) in [4.78, 5) is 0. The molecule has 3 aromatic carbocycles. The third-order valence-corrected chi connectivity index (χ3v) is 4.38. The molecule has 0 unspecified atom stereocenters. The Hall–Kier alpha value is -2.33. The molecule has 0 spiro atoms. The van der Waals surface area contributed by atoms with Crippen LogP contribution >= 0.6 is 15.9 Å². The molecule has 128 valence electrons. The number of benzene rings is 3. The number of ether oxygens (including phenoxy) is 1. The number of nitrogens with one attached hydrogen (secondary N) is 1. The van der Waals surface area contributed by atoms with Crippen molar-refractivity contribution in [2.75, 3.05) is 5.32 Å². The van der Waals surface area contributed by atoms with Crippen LogP contribution in [-0.4, -0.2) is 0 Å². The van der Waals surface area contributed by atoms with E-state index in [-0.39, 0.29) is 5.82 Å². The number of hydrogen-bond donors (Lipinski definition) is 1. The summed E-state index contributed by atoms with van der Waals surface area (Å²) in [7, 11) is 0. The van der Waals surface area contributed by atoms with Crippen molar-refractivity contribution in [3.05, 3.63) is 93.7 Å². The summed E-state index contributed by atoms with van der Waals surface area (Å²) < 4.78 is 19.9. The van der Waals surface area contributed by atoms with Crippen LogP contribution in [0.1, 0.15) is 16.7 Å². The fourth-order valence-corrected chi connectivity index (χ4v) is 3.00. The summed E-state index contributed by atoms with van der Waals surface area (Å²) in [5.41, 5.74) is 4.30. The monoisotopic (exact) mass is 399 g/mol. The molecule has 0 aliphatic carbocycles. The van der Waals surface area contributed by atoms with Gasteiger partial charge in [0, 0.05) is 16.7 Å². The fourth-order valence-electron chi connectivity index (χ4n) is 2.52. The third kappa shape index (κ3) is 5.07. The smallest absolute Gasteiger partial charge is 0.123 e. The Morgan fingerprint density at radius 3 is 2.48 bits per heavy atom. The molecular weight excluding hydrogens is 381 g/mol. The largest absolute Gasteiger partial charge is 0.489 e. The van der Waals surface area contributed by atoms with Crippen LogP contribution in [0.25, 0.3) is 0 Å². The lowest BCUT2D eigenvalue weighted by Crippen LogP contribution is -2.01. The van der Waals surface area contributed by atoms with E-state index in [1.54, 1.807) is 6.07 Å². The van der Waals surface area contributed by atoms with E-state index in [4.69, 9.17) is 4.74 Å². The predicted octanol–water partition coefficient (Wildman–Crippen LogP) is 6.09. The minimum Gasteiger partial charge on any atom is -0.489 e. The van der Waals surface area contributed by atoms with E-state index in [1.165, 1.54) is 23.3 Å². The maximum atomic E-state index is 13.2. The molecule has 0 atom stereocenters. The molecule has 0 fully saturated rings. The van der Waals surface area contributed by atoms with Crippen LogP contribution in [-0.2, 0) is 13.2 Å². The van der Waals surface area contributed by atoms with Crippen LogP contribution in [0.4, 0.5) is 10.1 Å². The van der Waals surface area contributed by atoms with Crippen molar-refractivity contribution in [2.24, 2.45) is 0 Å². The standard InChI is InChI=1S/C21H19BrFNO/c1-15-11-18(22)7-10-21(15)24-13-16-5-8-20(9-6-16)25-14-17-3-2-4-19(23)12-17/h2-12,24H,13-14H2,1H3. The third-order valence-electron chi connectivity index (χ3n) is 3.89. The summed E-state index contributed by atoms with van der Waals surface area (Å²) in [6.07, 6.45) is 0. The molecule has 3 rings (SSSR count). The highest BCUT2D eigenvalue weighted by Crippen LogP contribution is 2.21. The zero-order valence-electron chi connectivity index (χ0n) is 13.9. The number of rotatable bonds is 6. The highest BCUT2D eigenvalue weighted by atomic mass is 79.9. The van der Waals surface area contributed by atoms with Crippen molar-refractivity contribution in [3.8, 4) is 5.75 Å². The van der Waals surface area contributed by atoms with Gasteiger partial charge in [-0.3, -0.25) is 0 Å². The number of aryl methyl sites for hydroxylation is 1. The summed E-state index contributed by atoms with van der Waals surface area (Å²) in [6, 6.07) is 20.6. The Kier molecular flexibility index (Phi) is 5.71. The normalized spacial score (nSPS) is 10.5. The lowest BCUT2D eigenvalue weighted by atomic mass is 10.1. The SMILES string of the molecule is Cc1cc(Br)ccc1NCc1ccc(OCc2cccc(F)c2)cc1. The lowest BCUT2D eigenvalue weighted by molar-refractivity contribution is 0.305. The highest BCUT2D eigenvalue weighted by Gasteiger charge is 2.01. The molecule has 0 amide bonds. The molecule has 0 saturated carbocycles. The summed E-state index contributed by atoms with van der Waals surface area (Å²) in [6.45, 7) is 3.18. The quantitative estimate of drug-likeness (QED) is 0.541. The molecule has 3 aromatic rings. The van der Waals surface area contributed by atoms with Crippen LogP contribution in [0, 0.1) is 12.7 Å². The van der Waals surface area contributed by atoms with E-state index in [2.05, 4.69) is 40.3 Å². The Bertz CT molecular complexity index is 849. The minimum absolute atomic E-state index is 0.245. The molecule has 2 nitrogen and oxygen atoms in total. The second kappa shape index (κ2) is 8.17. The van der Waals surface area contributed by atoms with Crippen LogP contribution < -0.4 is 10.1 Å². The van der Waals surface area contributed by atoms with E-state index < -0.39 is 0 Å². The number of halogens is 2. The molecule has 0 radical (unpaired) electrons. The first-order chi connectivity index (χ1) is 12.1. The van der Waals surface area contributed by atoms with Crippen molar-refractivity contribution in [1.29, 1.82) is 0 Å². The first-order valence-corrected chi connectivity index (χ1v) is 8.86. The Labute approximate surface area is 155 Å². The van der Waals surface area contributed by atoms with Crippen molar-refractivity contribution < 1.29 is 9.13 Å². The highest BCUT2D eigenvalue weighted by molar-refractivity contribution is 9.10. The maximum Gasteiger partial charge on any atom is 0.123 e. The average molecular weight is 400 g/mol. The fraction of sp³-hybridized carbons (Fsp3) is 0.143. The second-order valence-corrected chi connectivity index (χ2v) is 6.79. The van der Waals surface area contributed by atoms with Gasteiger partial charge in [0.2, 0.25) is 0 Å². The van der Waals surface area contributed by atoms with Gasteiger partial charge in [0.25, 0.3) is 0 Å². The average Bonchev–Trinajstić information content (AvgIpc) is 2.60. The van der Waals surface area contributed by atoms with Gasteiger partial charge in [0.05, 0.1) is 0 Å². The molecule has 1 N–H and O–H groups in total. The van der Waals surface area contributed by atoms with Crippen molar-refractivity contribution >= 4 is 21.6 Å². The summed E-state index contributed by atoms with van der Waals surface area (Å²) >= 11 is 3.47. The van der Waals surface area contributed by atoms with Gasteiger partial charge in [-0.25, -0.2) is 4.39 Å². The van der Waals surface area contributed by atoms with Gasteiger partial charge in [-0.2, -0.15) is 0 Å². The molecule has 0 saturated heterocycles. The van der Waals surface area contributed by atoms with Gasteiger partial charge in [-0.15, -0.1) is 0 Å². The Morgan fingerprint density at radius 2 is 1.76 bits per heavy atom. The van der Waals surface area contributed by atoms with E-state index in [9.17, 15) is 4.39 Å². The van der Waals surface area contributed by atoms with Crippen LogP contribution in [0.15, 0.2) is 71.2 Å². The first kappa shape index (κ1) is 17.5. The van der Waals surface area contributed by atoms with Crippen LogP contribution in [0.3, 0.4) is 0 Å². The van der Waals surface area contributed by atoms with Crippen LogP contribution in [0.5, 0.6) is 5.75 Å². The van der Waals surface area contributed by atoms with Gasteiger partial charge in [0.1, 0.15) is 18.2 Å². The lowest BCUT2D eigenvalue weighted by Gasteiger charge is -2.11. The molecule has 0 heterocycles. The Morgan fingerprint density at radius 1 is 0.960 bits per heavy atom. The van der Waals surface area contributed by atoms with E-state index >= 15 is 0 Å². The van der Waals surface area contributed by atoms with Crippen LogP contribution in [0.2, 0.25) is 0 Å². The van der Waals surface area contributed by atoms with Gasteiger partial charge < -0.3 is 10.1 Å². The summed E-state index contributed by atoms with van der Waals surface area (Å²) in [5.74, 6) is 0.526. The zero-order chi connectivity index (χ0) is 17.6. The van der Waals surface area contributed by atoms with Gasteiger partial charge in [0.15, 0.2) is 0 Å². The van der Waals surface area contributed by atoms with Gasteiger partial charge in [-0.05, 0) is 66.1 Å². The van der Waals surface area contributed by atoms with Gasteiger partial charge >= 0.3 is 0 Å².